The molecule has 1 amide bonds. The van der Waals surface area contributed by atoms with Crippen LogP contribution in [0.4, 0.5) is 0 Å². The van der Waals surface area contributed by atoms with Crippen LogP contribution in [0.5, 0.6) is 5.75 Å². The minimum absolute atomic E-state index is 0.0364. The van der Waals surface area contributed by atoms with Gasteiger partial charge < -0.3 is 19.9 Å². The predicted molar refractivity (Wildman–Crippen MR) is 125 cm³/mol. The summed E-state index contributed by atoms with van der Waals surface area (Å²) >= 11 is 0. The Morgan fingerprint density at radius 2 is 2.09 bits per heavy atom. The lowest BCUT2D eigenvalue weighted by Gasteiger charge is -2.28. The third-order valence-corrected chi connectivity index (χ3v) is 7.17. The molecule has 2 rings (SSSR count). The van der Waals surface area contributed by atoms with Crippen LogP contribution in [0.1, 0.15) is 37.4 Å². The molecule has 9 heteroatoms. The molecule has 0 bridgehead atoms. The molecule has 1 aliphatic rings. The van der Waals surface area contributed by atoms with Crippen molar-refractivity contribution in [2.75, 3.05) is 45.3 Å². The van der Waals surface area contributed by atoms with Crippen LogP contribution in [-0.4, -0.2) is 75.5 Å². The Labute approximate surface area is 191 Å². The quantitative estimate of drug-likeness (QED) is 0.419. The Morgan fingerprint density at radius 3 is 2.66 bits per heavy atom. The van der Waals surface area contributed by atoms with Crippen LogP contribution in [0, 0.1) is 18.3 Å². The van der Waals surface area contributed by atoms with Crippen LogP contribution in [0.3, 0.4) is 0 Å². The number of ether oxygens (including phenoxy) is 1. The molecule has 0 radical (unpaired) electrons. The third-order valence-electron chi connectivity index (χ3n) is 5.42. The van der Waals surface area contributed by atoms with Crippen LogP contribution in [-0.2, 0) is 14.6 Å². The molecule has 1 saturated heterocycles. The third kappa shape index (κ3) is 7.24. The molecule has 1 N–H and O–H groups in total. The lowest BCUT2D eigenvalue weighted by molar-refractivity contribution is -0.117. The monoisotopic (exact) mass is 462 g/mol. The van der Waals surface area contributed by atoms with Crippen LogP contribution in [0.25, 0.3) is 0 Å². The highest BCUT2D eigenvalue weighted by Gasteiger charge is 2.31. The van der Waals surface area contributed by atoms with Gasteiger partial charge in [-0.25, -0.2) is 8.42 Å². The standard InChI is InChI=1S/C23H34N4O4S/c1-6-31-22-8-7-17(2)13-21(22)18(3)25-23(28)19(14-24)15-27(11-10-26(4)5)20-9-12-32(29,30)16-20/h7-8,13,15,18,20H,6,9-12,16H2,1-5H3,(H,25,28)/b19-15-. The molecule has 32 heavy (non-hydrogen) atoms. The second-order valence-corrected chi connectivity index (χ2v) is 10.7. The van der Waals surface area contributed by atoms with E-state index in [1.807, 2.05) is 68.9 Å². The average Bonchev–Trinajstić information content (AvgIpc) is 3.08. The molecule has 0 spiro atoms. The first-order valence-electron chi connectivity index (χ1n) is 10.8. The maximum absolute atomic E-state index is 12.9. The molecule has 1 heterocycles. The molecule has 1 aliphatic heterocycles. The lowest BCUT2D eigenvalue weighted by Crippen LogP contribution is -2.38. The normalized spacial score (nSPS) is 18.8. The molecule has 176 valence electrons. The topological polar surface area (TPSA) is 103 Å². The second kappa shape index (κ2) is 11.3. The molecule has 1 aromatic rings. The summed E-state index contributed by atoms with van der Waals surface area (Å²) in [5.74, 6) is 0.356. The molecule has 0 saturated carbocycles. The van der Waals surface area contributed by atoms with Gasteiger partial charge in [0.2, 0.25) is 0 Å². The fourth-order valence-corrected chi connectivity index (χ4v) is 5.40. The summed E-state index contributed by atoms with van der Waals surface area (Å²) in [7, 11) is 0.750. The van der Waals surface area contributed by atoms with E-state index in [1.165, 1.54) is 6.20 Å². The fourth-order valence-electron chi connectivity index (χ4n) is 3.65. The minimum atomic E-state index is -3.09. The number of hydrogen-bond acceptors (Lipinski definition) is 7. The lowest BCUT2D eigenvalue weighted by atomic mass is 10.0. The van der Waals surface area contributed by atoms with Crippen LogP contribution >= 0.6 is 0 Å². The van der Waals surface area contributed by atoms with Gasteiger partial charge in [-0.1, -0.05) is 17.7 Å². The Kier molecular flexibility index (Phi) is 9.10. The van der Waals surface area contributed by atoms with Gasteiger partial charge in [0.15, 0.2) is 9.84 Å². The van der Waals surface area contributed by atoms with Crippen molar-refractivity contribution in [3.8, 4) is 11.8 Å². The van der Waals surface area contributed by atoms with Crippen molar-refractivity contribution >= 4 is 15.7 Å². The van der Waals surface area contributed by atoms with Gasteiger partial charge in [-0.05, 0) is 47.4 Å². The summed E-state index contributed by atoms with van der Waals surface area (Å²) in [5.41, 5.74) is 1.83. The van der Waals surface area contributed by atoms with Crippen LogP contribution in [0.15, 0.2) is 30.0 Å². The van der Waals surface area contributed by atoms with Gasteiger partial charge in [0, 0.05) is 30.9 Å². The van der Waals surface area contributed by atoms with E-state index in [1.54, 1.807) is 0 Å². The second-order valence-electron chi connectivity index (χ2n) is 8.42. The van der Waals surface area contributed by atoms with Gasteiger partial charge in [-0.2, -0.15) is 5.26 Å². The number of hydrogen-bond donors (Lipinski definition) is 1. The maximum atomic E-state index is 12.9. The summed E-state index contributed by atoms with van der Waals surface area (Å²) in [6.45, 7) is 7.41. The molecule has 2 atom stereocenters. The van der Waals surface area contributed by atoms with Crippen molar-refractivity contribution in [3.63, 3.8) is 0 Å². The number of carbonyl (C=O) groups excluding carboxylic acids is 1. The van der Waals surface area contributed by atoms with E-state index >= 15 is 0 Å². The van der Waals surface area contributed by atoms with E-state index in [0.29, 0.717) is 31.9 Å². The number of benzene rings is 1. The van der Waals surface area contributed by atoms with E-state index in [9.17, 15) is 18.5 Å². The molecular weight excluding hydrogens is 428 g/mol. The Hall–Kier alpha value is -2.57. The zero-order valence-corrected chi connectivity index (χ0v) is 20.4. The van der Waals surface area contributed by atoms with E-state index in [4.69, 9.17) is 4.74 Å². The number of likely N-dealkylation sites (N-methyl/N-ethyl adjacent to an activating group) is 1. The smallest absolute Gasteiger partial charge is 0.263 e. The van der Waals surface area contributed by atoms with Gasteiger partial charge >= 0.3 is 0 Å². The van der Waals surface area contributed by atoms with E-state index in [2.05, 4.69) is 5.32 Å². The highest BCUT2D eigenvalue weighted by atomic mass is 32.2. The van der Waals surface area contributed by atoms with Crippen LogP contribution < -0.4 is 10.1 Å². The minimum Gasteiger partial charge on any atom is -0.494 e. The summed E-state index contributed by atoms with van der Waals surface area (Å²) < 4.78 is 29.6. The largest absolute Gasteiger partial charge is 0.494 e. The van der Waals surface area contributed by atoms with Crippen molar-refractivity contribution in [1.29, 1.82) is 5.26 Å². The molecule has 1 aromatic carbocycles. The van der Waals surface area contributed by atoms with Gasteiger partial charge in [0.05, 0.1) is 24.2 Å². The van der Waals surface area contributed by atoms with Gasteiger partial charge in [0.1, 0.15) is 17.4 Å². The number of nitriles is 1. The summed E-state index contributed by atoms with van der Waals surface area (Å²) in [6.07, 6.45) is 2.00. The molecule has 2 unspecified atom stereocenters. The van der Waals surface area contributed by atoms with Crippen molar-refractivity contribution in [3.05, 3.63) is 41.1 Å². The summed E-state index contributed by atoms with van der Waals surface area (Å²) in [4.78, 5) is 16.7. The van der Waals surface area contributed by atoms with Crippen molar-refractivity contribution in [2.45, 2.75) is 39.3 Å². The number of nitrogens with zero attached hydrogens (tertiary/aromatic N) is 3. The summed E-state index contributed by atoms with van der Waals surface area (Å²) in [6, 6.07) is 7.15. The number of aryl methyl sites for hydroxylation is 1. The van der Waals surface area contributed by atoms with E-state index in [-0.39, 0.29) is 29.2 Å². The molecule has 0 aromatic heterocycles. The highest BCUT2D eigenvalue weighted by molar-refractivity contribution is 7.91. The Bertz CT molecular complexity index is 982. The van der Waals surface area contributed by atoms with Gasteiger partial charge in [-0.3, -0.25) is 4.79 Å². The Morgan fingerprint density at radius 1 is 1.38 bits per heavy atom. The van der Waals surface area contributed by atoms with E-state index < -0.39 is 15.7 Å². The molecule has 8 nitrogen and oxygen atoms in total. The first-order chi connectivity index (χ1) is 15.1. The number of rotatable bonds is 10. The van der Waals surface area contributed by atoms with Crippen molar-refractivity contribution in [2.24, 2.45) is 0 Å². The molecule has 0 aliphatic carbocycles. The highest BCUT2D eigenvalue weighted by Crippen LogP contribution is 2.27. The first-order valence-corrected chi connectivity index (χ1v) is 12.7. The van der Waals surface area contributed by atoms with Crippen molar-refractivity contribution < 1.29 is 17.9 Å². The number of sulfone groups is 1. The zero-order chi connectivity index (χ0) is 23.9. The molecular formula is C23H34N4O4S. The fraction of sp³-hybridized carbons (Fsp3) is 0.565. The number of carbonyl (C=O) groups is 1. The van der Waals surface area contributed by atoms with Crippen molar-refractivity contribution in [1.82, 2.24) is 15.1 Å². The Balaban J connectivity index is 2.23. The number of nitrogens with one attached hydrogen (secondary N) is 1. The predicted octanol–water partition coefficient (Wildman–Crippen LogP) is 2.03. The van der Waals surface area contributed by atoms with Gasteiger partial charge in [-0.15, -0.1) is 0 Å². The first kappa shape index (κ1) is 25.7. The SMILES string of the molecule is CCOc1ccc(C)cc1C(C)NC(=O)/C(C#N)=C\N(CCN(C)C)C1CCS(=O)(=O)C1. The number of amides is 1. The zero-order valence-electron chi connectivity index (χ0n) is 19.6. The average molecular weight is 463 g/mol. The van der Waals surface area contributed by atoms with E-state index in [0.717, 1.165) is 11.1 Å². The summed E-state index contributed by atoms with van der Waals surface area (Å²) in [5, 5.41) is 12.6. The van der Waals surface area contributed by atoms with Gasteiger partial charge in [0.25, 0.3) is 5.91 Å². The molecule has 1 fully saturated rings. The maximum Gasteiger partial charge on any atom is 0.263 e. The van der Waals surface area contributed by atoms with Crippen LogP contribution in [0.2, 0.25) is 0 Å².